The van der Waals surface area contributed by atoms with Gasteiger partial charge >= 0.3 is 0 Å². The maximum atomic E-state index is 12.8. The van der Waals surface area contributed by atoms with Crippen molar-refractivity contribution in [1.82, 2.24) is 9.80 Å². The molecule has 2 aromatic carbocycles. The lowest BCUT2D eigenvalue weighted by Crippen LogP contribution is -2.41. The van der Waals surface area contributed by atoms with Crippen LogP contribution in [-0.4, -0.2) is 62.7 Å². The van der Waals surface area contributed by atoms with Crippen LogP contribution in [0.3, 0.4) is 0 Å². The number of amides is 1. The maximum Gasteiger partial charge on any atom is 0.248 e. The van der Waals surface area contributed by atoms with Gasteiger partial charge in [0.15, 0.2) is 0 Å². The summed E-state index contributed by atoms with van der Waals surface area (Å²) in [6.07, 6.45) is 0. The van der Waals surface area contributed by atoms with Crippen LogP contribution < -0.4 is 4.74 Å². The second kappa shape index (κ2) is 11.5. The second-order valence-corrected chi connectivity index (χ2v) is 9.41. The highest BCUT2D eigenvalue weighted by Crippen LogP contribution is 2.35. The number of likely N-dealkylation sites (tertiary alicyclic amines) is 1. The van der Waals surface area contributed by atoms with Crippen molar-refractivity contribution in [3.8, 4) is 5.75 Å². The topological polar surface area (TPSA) is 42.0 Å². The minimum Gasteiger partial charge on any atom is -0.496 e. The minimum absolute atomic E-state index is 0.0760. The molecule has 0 aliphatic carbocycles. The molecule has 2 aromatic rings. The fourth-order valence-corrected chi connectivity index (χ4v) is 4.76. The van der Waals surface area contributed by atoms with Crippen LogP contribution in [0.4, 0.5) is 0 Å². The molecule has 3 rings (SSSR count). The first-order valence-corrected chi connectivity index (χ1v) is 11.6. The maximum absolute atomic E-state index is 12.8. The van der Waals surface area contributed by atoms with Crippen molar-refractivity contribution in [2.75, 3.05) is 47.0 Å². The third-order valence-electron chi connectivity index (χ3n) is 6.27. The first-order chi connectivity index (χ1) is 15.4. The molecule has 1 fully saturated rings. The van der Waals surface area contributed by atoms with Crippen LogP contribution in [0, 0.1) is 18.8 Å². The van der Waals surface area contributed by atoms with Crippen molar-refractivity contribution in [3.63, 3.8) is 0 Å². The number of ether oxygens (including phenoxy) is 2. The summed E-state index contributed by atoms with van der Waals surface area (Å²) < 4.78 is 10.7. The molecule has 0 aromatic heterocycles. The van der Waals surface area contributed by atoms with E-state index in [2.05, 4.69) is 62.1 Å². The number of hydrogen-bond acceptors (Lipinski definition) is 4. The number of hydrogen-bond donors (Lipinski definition) is 0. The Morgan fingerprint density at radius 1 is 1.09 bits per heavy atom. The van der Waals surface area contributed by atoms with Crippen molar-refractivity contribution in [3.05, 3.63) is 65.2 Å². The van der Waals surface area contributed by atoms with Crippen LogP contribution in [0.15, 0.2) is 48.5 Å². The number of methoxy groups -OCH3 is 2. The van der Waals surface area contributed by atoms with Crippen LogP contribution >= 0.6 is 0 Å². The van der Waals surface area contributed by atoms with Gasteiger partial charge in [0.2, 0.25) is 5.91 Å². The Morgan fingerprint density at radius 2 is 1.81 bits per heavy atom. The molecular weight excluding hydrogens is 400 g/mol. The number of carbonyl (C=O) groups is 1. The first-order valence-electron chi connectivity index (χ1n) is 11.6. The van der Waals surface area contributed by atoms with Crippen LogP contribution in [-0.2, 0) is 16.1 Å². The van der Waals surface area contributed by atoms with E-state index in [1.54, 1.807) is 14.2 Å². The van der Waals surface area contributed by atoms with Crippen LogP contribution in [0.2, 0.25) is 0 Å². The standard InChI is InChI=1S/C27H38N2O3/c1-20(2)14-29(27(30)19-31-4)17-24-16-28(15-23-8-6-7-9-26(23)32-5)18-25(24)22-12-10-21(3)11-13-22/h6-13,20,24-25H,14-19H2,1-5H3. The molecular formula is C27H38N2O3. The van der Waals surface area contributed by atoms with E-state index >= 15 is 0 Å². The molecule has 1 aliphatic rings. The molecule has 174 valence electrons. The highest BCUT2D eigenvalue weighted by atomic mass is 16.5. The summed E-state index contributed by atoms with van der Waals surface area (Å²) in [4.78, 5) is 17.3. The van der Waals surface area contributed by atoms with Crippen LogP contribution in [0.5, 0.6) is 5.75 Å². The van der Waals surface area contributed by atoms with Gasteiger partial charge in [0.05, 0.1) is 7.11 Å². The summed E-state index contributed by atoms with van der Waals surface area (Å²) in [6, 6.07) is 17.1. The van der Waals surface area contributed by atoms with E-state index in [4.69, 9.17) is 9.47 Å². The predicted octanol–water partition coefficient (Wildman–Crippen LogP) is 4.35. The highest BCUT2D eigenvalue weighted by molar-refractivity contribution is 5.77. The normalized spacial score (nSPS) is 18.8. The molecule has 1 heterocycles. The van der Waals surface area contributed by atoms with E-state index in [9.17, 15) is 4.79 Å². The van der Waals surface area contributed by atoms with Gasteiger partial charge in [0, 0.05) is 51.3 Å². The average molecular weight is 439 g/mol. The lowest BCUT2D eigenvalue weighted by molar-refractivity contribution is -0.136. The Hall–Kier alpha value is -2.37. The smallest absolute Gasteiger partial charge is 0.248 e. The van der Waals surface area contributed by atoms with Crippen molar-refractivity contribution >= 4 is 5.91 Å². The molecule has 0 spiro atoms. The Kier molecular flexibility index (Phi) is 8.71. The number of aryl methyl sites for hydroxylation is 1. The van der Waals surface area contributed by atoms with Gasteiger partial charge in [-0.15, -0.1) is 0 Å². The number of carbonyl (C=O) groups excluding carboxylic acids is 1. The zero-order valence-corrected chi connectivity index (χ0v) is 20.2. The van der Waals surface area contributed by atoms with E-state index in [-0.39, 0.29) is 12.5 Å². The molecule has 2 atom stereocenters. The largest absolute Gasteiger partial charge is 0.496 e. The van der Waals surface area contributed by atoms with Crippen molar-refractivity contribution in [2.24, 2.45) is 11.8 Å². The van der Waals surface area contributed by atoms with Gasteiger partial charge in [-0.1, -0.05) is 61.9 Å². The van der Waals surface area contributed by atoms with Crippen LogP contribution in [0.25, 0.3) is 0 Å². The zero-order valence-electron chi connectivity index (χ0n) is 20.2. The van der Waals surface area contributed by atoms with E-state index in [1.165, 1.54) is 16.7 Å². The molecule has 5 heteroatoms. The summed E-state index contributed by atoms with van der Waals surface area (Å²) in [5.41, 5.74) is 3.82. The molecule has 5 nitrogen and oxygen atoms in total. The van der Waals surface area contributed by atoms with E-state index in [1.807, 2.05) is 17.0 Å². The molecule has 2 unspecified atom stereocenters. The van der Waals surface area contributed by atoms with Crippen molar-refractivity contribution in [2.45, 2.75) is 33.2 Å². The van der Waals surface area contributed by atoms with Crippen molar-refractivity contribution in [1.29, 1.82) is 0 Å². The van der Waals surface area contributed by atoms with Crippen molar-refractivity contribution < 1.29 is 14.3 Å². The predicted molar refractivity (Wildman–Crippen MR) is 129 cm³/mol. The third-order valence-corrected chi connectivity index (χ3v) is 6.27. The van der Waals surface area contributed by atoms with Gasteiger partial charge in [-0.2, -0.15) is 0 Å². The summed E-state index contributed by atoms with van der Waals surface area (Å²) in [6.45, 7) is 10.9. The lowest BCUT2D eigenvalue weighted by atomic mass is 9.88. The summed E-state index contributed by atoms with van der Waals surface area (Å²) in [7, 11) is 3.32. The Balaban J connectivity index is 1.82. The molecule has 32 heavy (non-hydrogen) atoms. The lowest BCUT2D eigenvalue weighted by Gasteiger charge is -2.30. The van der Waals surface area contributed by atoms with Gasteiger partial charge in [-0.3, -0.25) is 9.69 Å². The summed E-state index contributed by atoms with van der Waals surface area (Å²) in [5.74, 6) is 2.17. The summed E-state index contributed by atoms with van der Waals surface area (Å²) in [5, 5.41) is 0. The van der Waals surface area contributed by atoms with E-state index in [0.29, 0.717) is 17.8 Å². The Labute approximate surface area is 193 Å². The number of para-hydroxylation sites is 1. The fourth-order valence-electron chi connectivity index (χ4n) is 4.76. The quantitative estimate of drug-likeness (QED) is 0.553. The fraction of sp³-hybridized carbons (Fsp3) is 0.519. The van der Waals surface area contributed by atoms with Crippen LogP contribution in [0.1, 0.15) is 36.5 Å². The molecule has 1 aliphatic heterocycles. The van der Waals surface area contributed by atoms with Gasteiger partial charge in [0.1, 0.15) is 12.4 Å². The molecule has 0 radical (unpaired) electrons. The minimum atomic E-state index is 0.0760. The van der Waals surface area contributed by atoms with Gasteiger partial charge in [-0.05, 0) is 30.4 Å². The Morgan fingerprint density at radius 3 is 2.47 bits per heavy atom. The average Bonchev–Trinajstić information content (AvgIpc) is 3.16. The zero-order chi connectivity index (χ0) is 23.1. The molecule has 0 bridgehead atoms. The molecule has 0 N–H and O–H groups in total. The Bertz CT molecular complexity index is 865. The molecule has 0 saturated carbocycles. The monoisotopic (exact) mass is 438 g/mol. The number of nitrogens with zero attached hydrogens (tertiary/aromatic N) is 2. The first kappa shape index (κ1) is 24.3. The molecule has 1 amide bonds. The molecule has 1 saturated heterocycles. The van der Waals surface area contributed by atoms with Gasteiger partial charge in [-0.25, -0.2) is 0 Å². The summed E-state index contributed by atoms with van der Waals surface area (Å²) >= 11 is 0. The van der Waals surface area contributed by atoms with E-state index < -0.39 is 0 Å². The highest BCUT2D eigenvalue weighted by Gasteiger charge is 2.36. The van der Waals surface area contributed by atoms with Gasteiger partial charge in [0.25, 0.3) is 0 Å². The second-order valence-electron chi connectivity index (χ2n) is 9.41. The number of benzene rings is 2. The number of rotatable bonds is 10. The van der Waals surface area contributed by atoms with Gasteiger partial charge < -0.3 is 14.4 Å². The third kappa shape index (κ3) is 6.33. The SMILES string of the molecule is COCC(=O)N(CC(C)C)CC1CN(Cc2ccccc2OC)CC1c1ccc(C)cc1. The van der Waals surface area contributed by atoms with E-state index in [0.717, 1.165) is 38.5 Å².